The van der Waals surface area contributed by atoms with Crippen molar-refractivity contribution in [2.75, 3.05) is 53.4 Å². The van der Waals surface area contributed by atoms with E-state index < -0.39 is 0 Å². The highest BCUT2D eigenvalue weighted by Crippen LogP contribution is 2.24. The molecule has 3 rings (SSSR count). The first-order valence-corrected chi connectivity index (χ1v) is 10.2. The standard InChI is InChI=1S/C20H35N5O.HI/c1-21-20(22-10-7-17-8-13-24(2)14-9-17)23-16-18(19-6-5-15-26-19)25-11-3-4-12-25;/h5-6,15,17-18H,3-4,7-14,16H2,1-2H3,(H2,21,22,23);1H. The molecule has 0 bridgehead atoms. The number of aliphatic imine (C=N–C) groups is 1. The van der Waals surface area contributed by atoms with Crippen molar-refractivity contribution in [3.8, 4) is 0 Å². The Hall–Kier alpha value is -0.800. The Morgan fingerprint density at radius 2 is 1.96 bits per heavy atom. The molecular weight excluding hydrogens is 453 g/mol. The van der Waals surface area contributed by atoms with E-state index >= 15 is 0 Å². The highest BCUT2D eigenvalue weighted by molar-refractivity contribution is 14.0. The van der Waals surface area contributed by atoms with E-state index in [-0.39, 0.29) is 30.0 Å². The third-order valence-corrected chi connectivity index (χ3v) is 5.82. The number of guanidine groups is 1. The number of furan rings is 1. The van der Waals surface area contributed by atoms with Gasteiger partial charge in [0.25, 0.3) is 0 Å². The maximum atomic E-state index is 5.70. The molecule has 6 nitrogen and oxygen atoms in total. The molecule has 1 aromatic rings. The summed E-state index contributed by atoms with van der Waals surface area (Å²) in [7, 11) is 4.07. The lowest BCUT2D eigenvalue weighted by molar-refractivity contribution is 0.212. The molecule has 0 aliphatic carbocycles. The summed E-state index contributed by atoms with van der Waals surface area (Å²) in [6.45, 7) is 6.58. The topological polar surface area (TPSA) is 56.0 Å². The minimum atomic E-state index is 0. The van der Waals surface area contributed by atoms with E-state index in [0.717, 1.165) is 43.8 Å². The second kappa shape index (κ2) is 11.9. The van der Waals surface area contributed by atoms with Crippen LogP contribution in [0.3, 0.4) is 0 Å². The first kappa shape index (κ1) is 22.5. The third-order valence-electron chi connectivity index (χ3n) is 5.82. The summed E-state index contributed by atoms with van der Waals surface area (Å²) in [6.07, 6.45) is 8.19. The highest BCUT2D eigenvalue weighted by Gasteiger charge is 2.25. The van der Waals surface area contributed by atoms with Crippen molar-refractivity contribution >= 4 is 29.9 Å². The fourth-order valence-corrected chi connectivity index (χ4v) is 4.10. The van der Waals surface area contributed by atoms with E-state index in [1.165, 1.54) is 45.2 Å². The van der Waals surface area contributed by atoms with Crippen molar-refractivity contribution in [3.63, 3.8) is 0 Å². The van der Waals surface area contributed by atoms with Crippen LogP contribution in [0.15, 0.2) is 27.8 Å². The van der Waals surface area contributed by atoms with Crippen molar-refractivity contribution in [3.05, 3.63) is 24.2 Å². The number of halogens is 1. The lowest BCUT2D eigenvalue weighted by atomic mass is 9.94. The van der Waals surface area contributed by atoms with Crippen LogP contribution in [-0.2, 0) is 0 Å². The summed E-state index contributed by atoms with van der Waals surface area (Å²) < 4.78 is 5.70. The highest BCUT2D eigenvalue weighted by atomic mass is 127. The number of hydrogen-bond acceptors (Lipinski definition) is 4. The predicted octanol–water partition coefficient (Wildman–Crippen LogP) is 2.93. The molecule has 2 fully saturated rings. The second-order valence-electron chi connectivity index (χ2n) is 7.69. The van der Waals surface area contributed by atoms with Gasteiger partial charge in [-0.25, -0.2) is 0 Å². The molecule has 0 aromatic carbocycles. The van der Waals surface area contributed by atoms with Crippen molar-refractivity contribution in [1.82, 2.24) is 20.4 Å². The Labute approximate surface area is 181 Å². The molecule has 0 amide bonds. The monoisotopic (exact) mass is 489 g/mol. The zero-order valence-electron chi connectivity index (χ0n) is 16.8. The predicted molar refractivity (Wildman–Crippen MR) is 122 cm³/mol. The lowest BCUT2D eigenvalue weighted by Gasteiger charge is -2.29. The molecule has 154 valence electrons. The first-order valence-electron chi connectivity index (χ1n) is 10.2. The fraction of sp³-hybridized carbons (Fsp3) is 0.750. The molecule has 2 aliphatic rings. The molecule has 1 aromatic heterocycles. The van der Waals surface area contributed by atoms with Crippen LogP contribution < -0.4 is 10.6 Å². The zero-order chi connectivity index (χ0) is 18.2. The summed E-state index contributed by atoms with van der Waals surface area (Å²) in [4.78, 5) is 9.34. The van der Waals surface area contributed by atoms with E-state index in [4.69, 9.17) is 4.42 Å². The van der Waals surface area contributed by atoms with E-state index in [0.29, 0.717) is 0 Å². The molecule has 0 spiro atoms. The third kappa shape index (κ3) is 6.94. The molecule has 1 atom stereocenters. The van der Waals surface area contributed by atoms with Crippen LogP contribution in [0, 0.1) is 5.92 Å². The first-order chi connectivity index (χ1) is 12.8. The van der Waals surface area contributed by atoms with Crippen LogP contribution in [0.4, 0.5) is 0 Å². The molecular formula is C20H36IN5O. The average molecular weight is 489 g/mol. The largest absolute Gasteiger partial charge is 0.468 e. The quantitative estimate of drug-likeness (QED) is 0.351. The Kier molecular flexibility index (Phi) is 9.92. The van der Waals surface area contributed by atoms with Gasteiger partial charge >= 0.3 is 0 Å². The minimum absolute atomic E-state index is 0. The molecule has 2 N–H and O–H groups in total. The minimum Gasteiger partial charge on any atom is -0.468 e. The Morgan fingerprint density at radius 1 is 1.22 bits per heavy atom. The molecule has 3 heterocycles. The summed E-state index contributed by atoms with van der Waals surface area (Å²) in [5.74, 6) is 2.78. The number of rotatable bonds is 7. The van der Waals surface area contributed by atoms with Crippen LogP contribution in [0.1, 0.15) is 43.9 Å². The van der Waals surface area contributed by atoms with Crippen molar-refractivity contribution in [2.45, 2.75) is 38.1 Å². The number of piperidine rings is 1. The van der Waals surface area contributed by atoms with Gasteiger partial charge in [-0.05, 0) is 83.4 Å². The Bertz CT molecular complexity index is 537. The molecule has 0 saturated carbocycles. The molecule has 27 heavy (non-hydrogen) atoms. The van der Waals surface area contributed by atoms with Crippen LogP contribution in [-0.4, -0.2) is 69.1 Å². The van der Waals surface area contributed by atoms with Crippen LogP contribution >= 0.6 is 24.0 Å². The van der Waals surface area contributed by atoms with E-state index in [1.54, 1.807) is 6.26 Å². The summed E-state index contributed by atoms with van der Waals surface area (Å²) in [5, 5.41) is 7.00. The number of likely N-dealkylation sites (tertiary alicyclic amines) is 2. The van der Waals surface area contributed by atoms with Gasteiger partial charge in [-0.2, -0.15) is 0 Å². The molecule has 2 aliphatic heterocycles. The fourth-order valence-electron chi connectivity index (χ4n) is 4.10. The van der Waals surface area contributed by atoms with Crippen LogP contribution in [0.25, 0.3) is 0 Å². The smallest absolute Gasteiger partial charge is 0.191 e. The normalized spacial score (nSPS) is 21.0. The van der Waals surface area contributed by atoms with Gasteiger partial charge in [-0.1, -0.05) is 0 Å². The van der Waals surface area contributed by atoms with Gasteiger partial charge in [-0.3, -0.25) is 9.89 Å². The lowest BCUT2D eigenvalue weighted by Crippen LogP contribution is -2.43. The molecule has 7 heteroatoms. The van der Waals surface area contributed by atoms with E-state index in [9.17, 15) is 0 Å². The van der Waals surface area contributed by atoms with E-state index in [1.807, 2.05) is 13.1 Å². The SMILES string of the molecule is CN=C(NCCC1CCN(C)CC1)NCC(c1ccco1)N1CCCC1.I. The average Bonchev–Trinajstić information content (AvgIpc) is 3.36. The maximum Gasteiger partial charge on any atom is 0.191 e. The van der Waals surface area contributed by atoms with Gasteiger partial charge < -0.3 is 20.0 Å². The maximum absolute atomic E-state index is 5.70. The van der Waals surface area contributed by atoms with Crippen molar-refractivity contribution in [2.24, 2.45) is 10.9 Å². The Balaban J connectivity index is 0.00000261. The van der Waals surface area contributed by atoms with E-state index in [2.05, 4.69) is 38.5 Å². The number of nitrogens with one attached hydrogen (secondary N) is 2. The van der Waals surface area contributed by atoms with Gasteiger partial charge in [0.1, 0.15) is 5.76 Å². The Morgan fingerprint density at radius 3 is 2.59 bits per heavy atom. The summed E-state index contributed by atoms with van der Waals surface area (Å²) >= 11 is 0. The molecule has 1 unspecified atom stereocenters. The zero-order valence-corrected chi connectivity index (χ0v) is 19.2. The van der Waals surface area contributed by atoms with Gasteiger partial charge in [-0.15, -0.1) is 24.0 Å². The number of nitrogens with zero attached hydrogens (tertiary/aromatic N) is 3. The van der Waals surface area contributed by atoms with Crippen LogP contribution in [0.2, 0.25) is 0 Å². The van der Waals surface area contributed by atoms with Gasteiger partial charge in [0.15, 0.2) is 5.96 Å². The molecule has 2 saturated heterocycles. The van der Waals surface area contributed by atoms with Crippen LogP contribution in [0.5, 0.6) is 0 Å². The van der Waals surface area contributed by atoms with Crippen molar-refractivity contribution < 1.29 is 4.42 Å². The second-order valence-corrected chi connectivity index (χ2v) is 7.69. The summed E-state index contributed by atoms with van der Waals surface area (Å²) in [6, 6.07) is 4.34. The van der Waals surface area contributed by atoms with Gasteiger partial charge in [0, 0.05) is 20.1 Å². The number of hydrogen-bond donors (Lipinski definition) is 2. The molecule has 0 radical (unpaired) electrons. The van der Waals surface area contributed by atoms with Crippen molar-refractivity contribution in [1.29, 1.82) is 0 Å². The van der Waals surface area contributed by atoms with Gasteiger partial charge in [0.05, 0.1) is 12.3 Å². The summed E-state index contributed by atoms with van der Waals surface area (Å²) in [5.41, 5.74) is 0. The van der Waals surface area contributed by atoms with Gasteiger partial charge in [0.2, 0.25) is 0 Å².